The molecule has 2 aliphatic heterocycles. The highest BCUT2D eigenvalue weighted by atomic mass is 16.6. The fourth-order valence-corrected chi connectivity index (χ4v) is 1.75. The summed E-state index contributed by atoms with van der Waals surface area (Å²) in [6, 6.07) is 5.43. The predicted octanol–water partition coefficient (Wildman–Crippen LogP) is 1.11. The molecule has 1 aromatic rings. The number of hydrogen-bond acceptors (Lipinski definition) is 5. The Hall–Kier alpha value is -1.24. The Morgan fingerprint density at radius 2 is 1.76 bits per heavy atom. The molecule has 1 aromatic carbocycles. The molecule has 0 saturated carbocycles. The minimum absolute atomic E-state index is 0.00439. The first-order valence-corrected chi connectivity index (χ1v) is 7.03. The maximum atomic E-state index is 8.94. The summed E-state index contributed by atoms with van der Waals surface area (Å²) in [7, 11) is 0. The van der Waals surface area contributed by atoms with Crippen LogP contribution in [0, 0.1) is 0 Å². The lowest BCUT2D eigenvalue weighted by molar-refractivity contribution is 0.102. The van der Waals surface area contributed by atoms with Gasteiger partial charge in [-0.2, -0.15) is 0 Å². The molecular weight excluding hydrogens is 272 g/mol. The molecule has 3 rings (SSSR count). The van der Waals surface area contributed by atoms with E-state index in [0.29, 0.717) is 12.2 Å². The van der Waals surface area contributed by atoms with Crippen molar-refractivity contribution >= 4 is 6.08 Å². The largest absolute Gasteiger partial charge is 0.392 e. The monoisotopic (exact) mass is 294 g/mol. The van der Waals surface area contributed by atoms with Crippen LogP contribution in [-0.2, 0) is 27.4 Å². The van der Waals surface area contributed by atoms with E-state index >= 15 is 0 Å². The van der Waals surface area contributed by atoms with Crippen molar-refractivity contribution in [3.8, 4) is 0 Å². The van der Waals surface area contributed by atoms with Crippen molar-refractivity contribution in [1.82, 2.24) is 0 Å². The first-order chi connectivity index (χ1) is 10.3. The van der Waals surface area contributed by atoms with Crippen LogP contribution in [0.4, 0.5) is 0 Å². The standard InChI is InChI=1S/C10H12O2.C6H10O3/c1-2-9-4-3-8(6-11)5-10(9)7-12;1(5-3-8-5)7-2-6-4-9-6/h2-5,11-12H,1,6-7H2;5-6H,1-4H2. The van der Waals surface area contributed by atoms with Crippen LogP contribution in [0.1, 0.15) is 16.7 Å². The molecule has 0 amide bonds. The minimum Gasteiger partial charge on any atom is -0.392 e. The number of benzene rings is 1. The highest BCUT2D eigenvalue weighted by Crippen LogP contribution is 2.13. The molecule has 2 heterocycles. The van der Waals surface area contributed by atoms with Crippen LogP contribution >= 0.6 is 0 Å². The van der Waals surface area contributed by atoms with Gasteiger partial charge in [-0.05, 0) is 16.7 Å². The Morgan fingerprint density at radius 1 is 1.14 bits per heavy atom. The summed E-state index contributed by atoms with van der Waals surface area (Å²) in [5.74, 6) is 0. The summed E-state index contributed by atoms with van der Waals surface area (Å²) >= 11 is 0. The molecule has 2 saturated heterocycles. The maximum Gasteiger partial charge on any atom is 0.104 e. The number of aliphatic hydroxyl groups is 2. The third kappa shape index (κ3) is 5.95. The summed E-state index contributed by atoms with van der Waals surface area (Å²) in [5.41, 5.74) is 2.52. The van der Waals surface area contributed by atoms with E-state index in [4.69, 9.17) is 24.4 Å². The zero-order valence-electron chi connectivity index (χ0n) is 12.0. The van der Waals surface area contributed by atoms with E-state index in [0.717, 1.165) is 43.1 Å². The molecule has 2 fully saturated rings. The molecule has 5 heteroatoms. The fourth-order valence-electron chi connectivity index (χ4n) is 1.75. The van der Waals surface area contributed by atoms with Gasteiger partial charge in [0.15, 0.2) is 0 Å². The van der Waals surface area contributed by atoms with Crippen LogP contribution in [-0.4, -0.2) is 48.8 Å². The van der Waals surface area contributed by atoms with Crippen molar-refractivity contribution in [3.05, 3.63) is 41.5 Å². The number of epoxide rings is 2. The van der Waals surface area contributed by atoms with E-state index < -0.39 is 0 Å². The Labute approximate surface area is 124 Å². The summed E-state index contributed by atoms with van der Waals surface area (Å²) in [6.45, 7) is 6.87. The van der Waals surface area contributed by atoms with Gasteiger partial charge in [-0.3, -0.25) is 0 Å². The van der Waals surface area contributed by atoms with Crippen molar-refractivity contribution in [3.63, 3.8) is 0 Å². The molecule has 2 unspecified atom stereocenters. The molecule has 0 aromatic heterocycles. The van der Waals surface area contributed by atoms with Gasteiger partial charge in [0.05, 0.1) is 39.6 Å². The van der Waals surface area contributed by atoms with Crippen molar-refractivity contribution in [1.29, 1.82) is 0 Å². The Kier molecular flexibility index (Phi) is 6.35. The van der Waals surface area contributed by atoms with Crippen molar-refractivity contribution in [2.75, 3.05) is 26.4 Å². The summed E-state index contributed by atoms with van der Waals surface area (Å²) in [4.78, 5) is 0. The van der Waals surface area contributed by atoms with Gasteiger partial charge in [-0.15, -0.1) is 0 Å². The first-order valence-electron chi connectivity index (χ1n) is 7.03. The first kappa shape index (κ1) is 16.1. The quantitative estimate of drug-likeness (QED) is 0.737. The Morgan fingerprint density at radius 3 is 2.19 bits per heavy atom. The maximum absolute atomic E-state index is 8.94. The van der Waals surface area contributed by atoms with E-state index in [9.17, 15) is 0 Å². The van der Waals surface area contributed by atoms with Crippen LogP contribution in [0.15, 0.2) is 24.8 Å². The molecule has 21 heavy (non-hydrogen) atoms. The molecule has 0 bridgehead atoms. The molecule has 0 spiro atoms. The second-order valence-corrected chi connectivity index (χ2v) is 5.00. The average Bonchev–Trinajstić information content (AvgIpc) is 3.42. The normalized spacial score (nSPS) is 22.2. The topological polar surface area (TPSA) is 74.8 Å². The zero-order valence-corrected chi connectivity index (χ0v) is 12.0. The number of aliphatic hydroxyl groups excluding tert-OH is 2. The molecule has 2 aliphatic rings. The van der Waals surface area contributed by atoms with Crippen LogP contribution in [0.5, 0.6) is 0 Å². The Bertz CT molecular complexity index is 440. The Balaban J connectivity index is 0.000000159. The lowest BCUT2D eigenvalue weighted by atomic mass is 10.0. The highest BCUT2D eigenvalue weighted by Gasteiger charge is 2.26. The fraction of sp³-hybridized carbons (Fsp3) is 0.500. The second-order valence-electron chi connectivity index (χ2n) is 5.00. The number of hydrogen-bond donors (Lipinski definition) is 2. The average molecular weight is 294 g/mol. The highest BCUT2D eigenvalue weighted by molar-refractivity contribution is 5.52. The van der Waals surface area contributed by atoms with Crippen molar-refractivity contribution < 1.29 is 24.4 Å². The molecule has 116 valence electrons. The van der Waals surface area contributed by atoms with Gasteiger partial charge in [-0.25, -0.2) is 0 Å². The zero-order chi connectivity index (χ0) is 15.1. The van der Waals surface area contributed by atoms with Crippen molar-refractivity contribution in [2.24, 2.45) is 0 Å². The predicted molar refractivity (Wildman–Crippen MR) is 78.7 cm³/mol. The van der Waals surface area contributed by atoms with Gasteiger partial charge >= 0.3 is 0 Å². The lowest BCUT2D eigenvalue weighted by Crippen LogP contribution is -2.06. The van der Waals surface area contributed by atoms with Gasteiger partial charge in [0.1, 0.15) is 12.2 Å². The number of rotatable bonds is 7. The lowest BCUT2D eigenvalue weighted by Gasteiger charge is -2.04. The SMILES string of the molecule is C(OCC1CO1)C1CO1.C=Cc1ccc(CO)cc1CO. The van der Waals surface area contributed by atoms with E-state index in [1.54, 1.807) is 12.1 Å². The van der Waals surface area contributed by atoms with Crippen LogP contribution in [0.2, 0.25) is 0 Å². The summed E-state index contributed by atoms with van der Waals surface area (Å²) in [5, 5.41) is 17.8. The van der Waals surface area contributed by atoms with Gasteiger partial charge < -0.3 is 24.4 Å². The van der Waals surface area contributed by atoms with Crippen molar-refractivity contribution in [2.45, 2.75) is 25.4 Å². The number of ether oxygens (including phenoxy) is 3. The summed E-state index contributed by atoms with van der Waals surface area (Å²) < 4.78 is 15.1. The smallest absolute Gasteiger partial charge is 0.104 e. The minimum atomic E-state index is -0.0187. The van der Waals surface area contributed by atoms with E-state index in [1.807, 2.05) is 12.1 Å². The molecular formula is C16H22O5. The van der Waals surface area contributed by atoms with Crippen LogP contribution in [0.3, 0.4) is 0 Å². The van der Waals surface area contributed by atoms with Gasteiger partial charge in [-0.1, -0.05) is 30.9 Å². The van der Waals surface area contributed by atoms with E-state index in [1.165, 1.54) is 0 Å². The molecule has 2 N–H and O–H groups in total. The van der Waals surface area contributed by atoms with E-state index in [2.05, 4.69) is 6.58 Å². The third-order valence-electron chi connectivity index (χ3n) is 3.19. The van der Waals surface area contributed by atoms with Gasteiger partial charge in [0, 0.05) is 0 Å². The third-order valence-corrected chi connectivity index (χ3v) is 3.19. The van der Waals surface area contributed by atoms with Crippen LogP contribution < -0.4 is 0 Å². The van der Waals surface area contributed by atoms with Crippen LogP contribution in [0.25, 0.3) is 6.08 Å². The van der Waals surface area contributed by atoms with Gasteiger partial charge in [0.25, 0.3) is 0 Å². The molecule has 5 nitrogen and oxygen atoms in total. The molecule has 0 radical (unpaired) electrons. The van der Waals surface area contributed by atoms with Gasteiger partial charge in [0.2, 0.25) is 0 Å². The second kappa shape index (κ2) is 8.26. The van der Waals surface area contributed by atoms with E-state index in [-0.39, 0.29) is 13.2 Å². The molecule has 2 atom stereocenters. The summed E-state index contributed by atoms with van der Waals surface area (Å²) in [6.07, 6.45) is 2.47. The molecule has 0 aliphatic carbocycles.